The molecule has 0 radical (unpaired) electrons. The molecule has 1 aromatic heterocycles. The fourth-order valence-corrected chi connectivity index (χ4v) is 2.47. The zero-order valence-corrected chi connectivity index (χ0v) is 12.9. The normalized spacial score (nSPS) is 20.3. The van der Waals surface area contributed by atoms with Crippen molar-refractivity contribution in [1.29, 1.82) is 0 Å². The van der Waals surface area contributed by atoms with E-state index in [0.717, 1.165) is 18.2 Å². The van der Waals surface area contributed by atoms with E-state index in [9.17, 15) is 13.6 Å². The monoisotopic (exact) mass is 338 g/mol. The number of carbonyl (C=O) groups is 1. The van der Waals surface area contributed by atoms with Crippen LogP contribution in [-0.4, -0.2) is 46.8 Å². The third-order valence-electron chi connectivity index (χ3n) is 3.64. The van der Waals surface area contributed by atoms with Crippen molar-refractivity contribution in [2.45, 2.75) is 19.1 Å². The number of nitrogens with one attached hydrogen (secondary N) is 1. The van der Waals surface area contributed by atoms with Crippen molar-refractivity contribution in [2.24, 2.45) is 0 Å². The van der Waals surface area contributed by atoms with Gasteiger partial charge >= 0.3 is 0 Å². The molecule has 1 aliphatic heterocycles. The van der Waals surface area contributed by atoms with Gasteiger partial charge in [0.05, 0.1) is 25.1 Å². The summed E-state index contributed by atoms with van der Waals surface area (Å²) >= 11 is 0. The molecular formula is C15H16F2N4O3. The highest BCUT2D eigenvalue weighted by molar-refractivity contribution is 6.02. The first-order valence-electron chi connectivity index (χ1n) is 7.46. The molecule has 9 heteroatoms. The van der Waals surface area contributed by atoms with Crippen LogP contribution in [0.5, 0.6) is 0 Å². The zero-order valence-electron chi connectivity index (χ0n) is 12.9. The molecule has 1 saturated heterocycles. The second kappa shape index (κ2) is 7.02. The summed E-state index contributed by atoms with van der Waals surface area (Å²) in [5, 5.41) is 9.96. The van der Waals surface area contributed by atoms with Gasteiger partial charge in [-0.3, -0.25) is 4.79 Å². The zero-order chi connectivity index (χ0) is 17.1. The molecule has 0 saturated carbocycles. The topological polar surface area (TPSA) is 78.3 Å². The van der Waals surface area contributed by atoms with Gasteiger partial charge < -0.3 is 14.8 Å². The van der Waals surface area contributed by atoms with Gasteiger partial charge in [-0.2, -0.15) is 0 Å². The molecule has 1 aromatic carbocycles. The average Bonchev–Trinajstić information content (AvgIpc) is 3.20. The SMILES string of the molecule is CCO[C@@H]1COC[C@H]1n1cc(C(=O)Nc2cc(F)ccc2F)nn1. The third kappa shape index (κ3) is 3.41. The molecule has 1 N–H and O–H groups in total. The molecule has 0 bridgehead atoms. The minimum atomic E-state index is -0.738. The summed E-state index contributed by atoms with van der Waals surface area (Å²) in [6, 6.07) is 2.61. The lowest BCUT2D eigenvalue weighted by Gasteiger charge is -2.16. The molecule has 128 valence electrons. The van der Waals surface area contributed by atoms with Crippen LogP contribution >= 0.6 is 0 Å². The second-order valence-corrected chi connectivity index (χ2v) is 5.26. The molecule has 1 fully saturated rings. The molecule has 0 aliphatic carbocycles. The van der Waals surface area contributed by atoms with E-state index < -0.39 is 17.5 Å². The first-order valence-corrected chi connectivity index (χ1v) is 7.46. The van der Waals surface area contributed by atoms with Crippen LogP contribution in [-0.2, 0) is 9.47 Å². The highest BCUT2D eigenvalue weighted by Crippen LogP contribution is 2.22. The van der Waals surface area contributed by atoms with E-state index in [0.29, 0.717) is 19.8 Å². The number of amides is 1. The van der Waals surface area contributed by atoms with Crippen molar-refractivity contribution < 1.29 is 23.0 Å². The minimum Gasteiger partial charge on any atom is -0.376 e. The number of hydrogen-bond acceptors (Lipinski definition) is 5. The van der Waals surface area contributed by atoms with Gasteiger partial charge in [-0.05, 0) is 19.1 Å². The number of ether oxygens (including phenoxy) is 2. The number of halogens is 2. The van der Waals surface area contributed by atoms with Gasteiger partial charge in [0, 0.05) is 12.7 Å². The first kappa shape index (κ1) is 16.5. The minimum absolute atomic E-state index is 0.0131. The van der Waals surface area contributed by atoms with Crippen molar-refractivity contribution in [3.63, 3.8) is 0 Å². The molecule has 24 heavy (non-hydrogen) atoms. The maximum absolute atomic E-state index is 13.6. The Labute approximate surface area is 136 Å². The molecule has 1 aliphatic rings. The largest absolute Gasteiger partial charge is 0.376 e. The Balaban J connectivity index is 1.73. The van der Waals surface area contributed by atoms with E-state index >= 15 is 0 Å². The van der Waals surface area contributed by atoms with Gasteiger partial charge in [-0.1, -0.05) is 5.21 Å². The summed E-state index contributed by atoms with van der Waals surface area (Å²) in [5.41, 5.74) is -0.272. The van der Waals surface area contributed by atoms with Gasteiger partial charge in [0.25, 0.3) is 5.91 Å². The number of benzene rings is 1. The van der Waals surface area contributed by atoms with Crippen LogP contribution in [0.3, 0.4) is 0 Å². The molecule has 7 nitrogen and oxygen atoms in total. The highest BCUT2D eigenvalue weighted by Gasteiger charge is 2.31. The summed E-state index contributed by atoms with van der Waals surface area (Å²) in [7, 11) is 0. The summed E-state index contributed by atoms with van der Waals surface area (Å²) in [6.07, 6.45) is 1.26. The second-order valence-electron chi connectivity index (χ2n) is 5.26. The standard InChI is InChI=1S/C15H16F2N4O3/c1-2-24-14-8-23-7-13(14)21-6-12(19-20-21)15(22)18-11-5-9(16)3-4-10(11)17/h3-6,13-14H,2,7-8H2,1H3,(H,18,22)/t13-,14-/m1/s1. The Hall–Kier alpha value is -2.39. The Morgan fingerprint density at radius 3 is 3.08 bits per heavy atom. The van der Waals surface area contributed by atoms with Crippen LogP contribution in [0.25, 0.3) is 0 Å². The van der Waals surface area contributed by atoms with Crippen LogP contribution in [0.2, 0.25) is 0 Å². The summed E-state index contributed by atoms with van der Waals surface area (Å²) < 4.78 is 39.1. The first-order chi connectivity index (χ1) is 11.6. The van der Waals surface area contributed by atoms with Crippen molar-refractivity contribution in [3.8, 4) is 0 Å². The van der Waals surface area contributed by atoms with E-state index in [1.54, 1.807) is 0 Å². The van der Waals surface area contributed by atoms with Crippen molar-refractivity contribution in [2.75, 3.05) is 25.1 Å². The van der Waals surface area contributed by atoms with Crippen LogP contribution in [0.4, 0.5) is 14.5 Å². The molecule has 2 heterocycles. The Morgan fingerprint density at radius 2 is 2.29 bits per heavy atom. The number of hydrogen-bond donors (Lipinski definition) is 1. The van der Waals surface area contributed by atoms with Crippen molar-refractivity contribution >= 4 is 11.6 Å². The summed E-state index contributed by atoms with van der Waals surface area (Å²) in [4.78, 5) is 12.1. The van der Waals surface area contributed by atoms with Crippen LogP contribution in [0.1, 0.15) is 23.5 Å². The number of nitrogens with zero attached hydrogens (tertiary/aromatic N) is 3. The van der Waals surface area contributed by atoms with Crippen LogP contribution in [0, 0.1) is 11.6 Å². The lowest BCUT2D eigenvalue weighted by atomic mass is 10.2. The summed E-state index contributed by atoms with van der Waals surface area (Å²) in [6.45, 7) is 3.25. The fourth-order valence-electron chi connectivity index (χ4n) is 2.47. The van der Waals surface area contributed by atoms with Gasteiger partial charge in [0.2, 0.25) is 0 Å². The van der Waals surface area contributed by atoms with Gasteiger partial charge in [0.15, 0.2) is 5.69 Å². The Bertz CT molecular complexity index is 737. The van der Waals surface area contributed by atoms with E-state index in [4.69, 9.17) is 9.47 Å². The highest BCUT2D eigenvalue weighted by atomic mass is 19.1. The third-order valence-corrected chi connectivity index (χ3v) is 3.64. The van der Waals surface area contributed by atoms with Crippen molar-refractivity contribution in [3.05, 3.63) is 41.7 Å². The van der Waals surface area contributed by atoms with Gasteiger partial charge in [-0.25, -0.2) is 13.5 Å². The quantitative estimate of drug-likeness (QED) is 0.899. The lowest BCUT2D eigenvalue weighted by molar-refractivity contribution is 0.0340. The van der Waals surface area contributed by atoms with E-state index in [1.165, 1.54) is 10.9 Å². The Kier molecular flexibility index (Phi) is 4.81. The number of aromatic nitrogens is 3. The van der Waals surface area contributed by atoms with Crippen LogP contribution < -0.4 is 5.32 Å². The van der Waals surface area contributed by atoms with E-state index in [-0.39, 0.29) is 23.5 Å². The molecule has 0 spiro atoms. The molecule has 0 unspecified atom stereocenters. The molecular weight excluding hydrogens is 322 g/mol. The van der Waals surface area contributed by atoms with E-state index in [2.05, 4.69) is 15.6 Å². The number of anilines is 1. The van der Waals surface area contributed by atoms with Crippen molar-refractivity contribution in [1.82, 2.24) is 15.0 Å². The molecule has 3 rings (SSSR count). The van der Waals surface area contributed by atoms with E-state index in [1.807, 2.05) is 6.92 Å². The van der Waals surface area contributed by atoms with Gasteiger partial charge in [0.1, 0.15) is 23.8 Å². The summed E-state index contributed by atoms with van der Waals surface area (Å²) in [5.74, 6) is -2.08. The number of carbonyl (C=O) groups excluding carboxylic acids is 1. The average molecular weight is 338 g/mol. The lowest BCUT2D eigenvalue weighted by Crippen LogP contribution is -2.26. The smallest absolute Gasteiger partial charge is 0.277 e. The molecule has 2 aromatic rings. The molecule has 1 amide bonds. The predicted octanol–water partition coefficient (Wildman–Crippen LogP) is 1.78. The predicted molar refractivity (Wildman–Crippen MR) is 79.6 cm³/mol. The maximum atomic E-state index is 13.6. The van der Waals surface area contributed by atoms with Gasteiger partial charge in [-0.15, -0.1) is 5.10 Å². The maximum Gasteiger partial charge on any atom is 0.277 e. The Morgan fingerprint density at radius 1 is 1.46 bits per heavy atom. The fraction of sp³-hybridized carbons (Fsp3) is 0.400. The van der Waals surface area contributed by atoms with Crippen LogP contribution in [0.15, 0.2) is 24.4 Å². The molecule has 2 atom stereocenters. The number of rotatable bonds is 5.